The van der Waals surface area contributed by atoms with Crippen LogP contribution in [-0.2, 0) is 9.53 Å². The van der Waals surface area contributed by atoms with E-state index in [2.05, 4.69) is 0 Å². The Morgan fingerprint density at radius 1 is 1.40 bits per heavy atom. The van der Waals surface area contributed by atoms with Crippen molar-refractivity contribution in [1.29, 1.82) is 0 Å². The number of carbonyl (C=O) groups excluding carboxylic acids is 1. The van der Waals surface area contributed by atoms with Crippen LogP contribution in [0.25, 0.3) is 0 Å². The lowest BCUT2D eigenvalue weighted by Crippen LogP contribution is -2.26. The highest BCUT2D eigenvalue weighted by atomic mass is 16.5. The Kier molecular flexibility index (Phi) is 2.30. The second-order valence-corrected chi connectivity index (χ2v) is 2.96. The quantitative estimate of drug-likeness (QED) is 0.547. The number of ether oxygens (including phenoxy) is 1. The lowest BCUT2D eigenvalue weighted by molar-refractivity contribution is -0.150. The van der Waals surface area contributed by atoms with Gasteiger partial charge in [-0.2, -0.15) is 0 Å². The van der Waals surface area contributed by atoms with E-state index >= 15 is 0 Å². The number of hydrogen-bond donors (Lipinski definition) is 0. The molecule has 1 radical (unpaired) electrons. The molecule has 1 fully saturated rings. The molecule has 2 heteroatoms. The highest BCUT2D eigenvalue weighted by Gasteiger charge is 2.22. The van der Waals surface area contributed by atoms with Gasteiger partial charge in [-0.25, -0.2) is 0 Å². The summed E-state index contributed by atoms with van der Waals surface area (Å²) in [5.41, 5.74) is 0. The van der Waals surface area contributed by atoms with Gasteiger partial charge in [0.2, 0.25) is 0 Å². The highest BCUT2D eigenvalue weighted by Crippen LogP contribution is 2.22. The largest absolute Gasteiger partial charge is 0.462 e. The molecule has 57 valence electrons. The minimum atomic E-state index is -0.135. The molecule has 0 amide bonds. The summed E-state index contributed by atoms with van der Waals surface area (Å²) in [5.74, 6) is 0.608. The fraction of sp³-hybridized carbons (Fsp3) is 0.750. The zero-order chi connectivity index (χ0) is 7.56. The minimum Gasteiger partial charge on any atom is -0.462 e. The van der Waals surface area contributed by atoms with Crippen LogP contribution in [0.4, 0.5) is 0 Å². The van der Waals surface area contributed by atoms with E-state index in [0.29, 0.717) is 0 Å². The average Bonchev–Trinajstić information content (AvgIpc) is 1.77. The average molecular weight is 141 g/mol. The molecule has 0 aromatic heterocycles. The van der Waals surface area contributed by atoms with Gasteiger partial charge in [0.15, 0.2) is 0 Å². The van der Waals surface area contributed by atoms with Gasteiger partial charge in [-0.1, -0.05) is 0 Å². The molecule has 0 unspecified atom stereocenters. The van der Waals surface area contributed by atoms with Crippen molar-refractivity contribution in [1.82, 2.24) is 0 Å². The van der Waals surface area contributed by atoms with E-state index in [9.17, 15) is 4.79 Å². The normalized spacial score (nSPS) is 18.7. The van der Waals surface area contributed by atoms with E-state index in [0.717, 1.165) is 18.8 Å². The van der Waals surface area contributed by atoms with Crippen LogP contribution in [-0.4, -0.2) is 12.1 Å². The van der Waals surface area contributed by atoms with Gasteiger partial charge in [0.25, 0.3) is 0 Å². The van der Waals surface area contributed by atoms with Crippen molar-refractivity contribution in [3.05, 3.63) is 5.92 Å². The van der Waals surface area contributed by atoms with E-state index in [1.165, 1.54) is 6.42 Å². The Morgan fingerprint density at radius 3 is 2.30 bits per heavy atom. The van der Waals surface area contributed by atoms with Crippen molar-refractivity contribution in [2.75, 3.05) is 0 Å². The molecular weight excluding hydrogens is 128 g/mol. The molecule has 0 N–H and O–H groups in total. The smallest absolute Gasteiger partial charge is 0.312 e. The Balaban J connectivity index is 2.17. The van der Waals surface area contributed by atoms with Crippen molar-refractivity contribution in [3.8, 4) is 0 Å². The topological polar surface area (TPSA) is 26.3 Å². The Hall–Kier alpha value is -0.530. The molecular formula is C8H13O2. The van der Waals surface area contributed by atoms with Crippen LogP contribution < -0.4 is 0 Å². The lowest BCUT2D eigenvalue weighted by Gasteiger charge is -2.25. The maximum Gasteiger partial charge on any atom is 0.312 e. The predicted octanol–water partition coefficient (Wildman–Crippen LogP) is 1.70. The second kappa shape index (κ2) is 3.04. The first-order chi connectivity index (χ1) is 4.70. The molecule has 1 saturated carbocycles. The Bertz CT molecular complexity index is 125. The van der Waals surface area contributed by atoms with Crippen molar-refractivity contribution < 1.29 is 9.53 Å². The number of carbonyl (C=O) groups is 1. The van der Waals surface area contributed by atoms with Crippen molar-refractivity contribution in [2.24, 2.45) is 0 Å². The molecule has 1 rings (SSSR count). The fourth-order valence-electron chi connectivity index (χ4n) is 0.758. The third kappa shape index (κ3) is 1.72. The minimum absolute atomic E-state index is 0.135. The summed E-state index contributed by atoms with van der Waals surface area (Å²) < 4.78 is 5.07. The second-order valence-electron chi connectivity index (χ2n) is 2.96. The molecule has 2 nitrogen and oxygen atoms in total. The first-order valence-corrected chi connectivity index (χ1v) is 3.71. The molecule has 0 saturated heterocycles. The molecule has 1 aliphatic carbocycles. The predicted molar refractivity (Wildman–Crippen MR) is 38.3 cm³/mol. The lowest BCUT2D eigenvalue weighted by atomic mass is 9.96. The number of esters is 1. The first-order valence-electron chi connectivity index (χ1n) is 3.71. The van der Waals surface area contributed by atoms with Crippen molar-refractivity contribution >= 4 is 5.97 Å². The molecule has 0 aromatic carbocycles. The van der Waals surface area contributed by atoms with E-state index in [-0.39, 0.29) is 12.1 Å². The SMILES string of the molecule is C[C](C)C(=O)OC1CCC1. The van der Waals surface area contributed by atoms with Crippen molar-refractivity contribution in [2.45, 2.75) is 39.2 Å². The molecule has 0 atom stereocenters. The molecule has 10 heavy (non-hydrogen) atoms. The van der Waals surface area contributed by atoms with Gasteiger partial charge in [-0.05, 0) is 33.1 Å². The molecule has 0 spiro atoms. The third-order valence-electron chi connectivity index (χ3n) is 1.73. The van der Waals surface area contributed by atoms with Gasteiger partial charge in [0.05, 0.1) is 5.92 Å². The monoisotopic (exact) mass is 141 g/mol. The third-order valence-corrected chi connectivity index (χ3v) is 1.73. The first kappa shape index (κ1) is 7.58. The number of rotatable bonds is 2. The van der Waals surface area contributed by atoms with Crippen LogP contribution >= 0.6 is 0 Å². The summed E-state index contributed by atoms with van der Waals surface area (Å²) in [6.45, 7) is 3.56. The fourth-order valence-corrected chi connectivity index (χ4v) is 0.758. The van der Waals surface area contributed by atoms with Gasteiger partial charge < -0.3 is 4.74 Å². The molecule has 0 bridgehead atoms. The van der Waals surface area contributed by atoms with Gasteiger partial charge in [-0.3, -0.25) is 4.79 Å². The summed E-state index contributed by atoms with van der Waals surface area (Å²) >= 11 is 0. The zero-order valence-corrected chi connectivity index (χ0v) is 6.52. The summed E-state index contributed by atoms with van der Waals surface area (Å²) in [7, 11) is 0. The van der Waals surface area contributed by atoms with Crippen LogP contribution in [0.2, 0.25) is 0 Å². The maximum absolute atomic E-state index is 10.9. The Morgan fingerprint density at radius 2 is 2.00 bits per heavy atom. The van der Waals surface area contributed by atoms with Crippen LogP contribution in [0.1, 0.15) is 33.1 Å². The summed E-state index contributed by atoms with van der Waals surface area (Å²) in [6.07, 6.45) is 3.54. The highest BCUT2D eigenvalue weighted by molar-refractivity contribution is 5.83. The molecule has 0 aliphatic heterocycles. The van der Waals surface area contributed by atoms with Crippen LogP contribution in [0.3, 0.4) is 0 Å². The van der Waals surface area contributed by atoms with E-state index in [1.807, 2.05) is 0 Å². The van der Waals surface area contributed by atoms with Gasteiger partial charge >= 0.3 is 5.97 Å². The van der Waals surface area contributed by atoms with Crippen LogP contribution in [0.5, 0.6) is 0 Å². The van der Waals surface area contributed by atoms with Gasteiger partial charge in [-0.15, -0.1) is 0 Å². The van der Waals surface area contributed by atoms with Crippen LogP contribution in [0, 0.1) is 5.92 Å². The standard InChI is InChI=1S/C8H13O2/c1-6(2)8(9)10-7-4-3-5-7/h7H,3-5H2,1-2H3. The summed E-state index contributed by atoms with van der Waals surface area (Å²) in [6, 6.07) is 0. The maximum atomic E-state index is 10.9. The summed E-state index contributed by atoms with van der Waals surface area (Å²) in [4.78, 5) is 10.9. The zero-order valence-electron chi connectivity index (χ0n) is 6.52. The Labute approximate surface area is 61.6 Å². The van der Waals surface area contributed by atoms with Crippen LogP contribution in [0.15, 0.2) is 0 Å². The van der Waals surface area contributed by atoms with Crippen molar-refractivity contribution in [3.63, 3.8) is 0 Å². The van der Waals surface area contributed by atoms with Gasteiger partial charge in [0, 0.05) is 0 Å². The number of hydrogen-bond acceptors (Lipinski definition) is 2. The van der Waals surface area contributed by atoms with E-state index < -0.39 is 0 Å². The van der Waals surface area contributed by atoms with E-state index in [1.54, 1.807) is 13.8 Å². The molecule has 1 aliphatic rings. The molecule has 0 heterocycles. The molecule has 0 aromatic rings. The summed E-state index contributed by atoms with van der Waals surface area (Å²) in [5, 5.41) is 0. The van der Waals surface area contributed by atoms with E-state index in [4.69, 9.17) is 4.74 Å². The van der Waals surface area contributed by atoms with Gasteiger partial charge in [0.1, 0.15) is 6.10 Å².